The van der Waals surface area contributed by atoms with Crippen LogP contribution in [0.2, 0.25) is 0 Å². The lowest BCUT2D eigenvalue weighted by Crippen LogP contribution is -3.10. The van der Waals surface area contributed by atoms with Crippen LogP contribution in [0.4, 0.5) is 0 Å². The lowest BCUT2D eigenvalue weighted by Gasteiger charge is -2.12. The molecule has 0 amide bonds. The number of rotatable bonds is 4. The molecule has 0 aromatic heterocycles. The van der Waals surface area contributed by atoms with Gasteiger partial charge in [-0.2, -0.15) is 0 Å². The van der Waals surface area contributed by atoms with E-state index in [0.717, 1.165) is 18.9 Å². The number of quaternary nitrogens is 1. The average molecular weight is 206 g/mol. The maximum Gasteiger partial charge on any atom is 0.137 e. The van der Waals surface area contributed by atoms with Gasteiger partial charge in [0.15, 0.2) is 0 Å². The van der Waals surface area contributed by atoms with Crippen molar-refractivity contribution in [3.63, 3.8) is 0 Å². The fraction of sp³-hybridized carbons (Fsp3) is 0.538. The zero-order valence-corrected chi connectivity index (χ0v) is 9.46. The largest absolute Gasteiger partial charge is 0.488 e. The molecule has 1 N–H and O–H groups in total. The Labute approximate surface area is 91.9 Å². The summed E-state index contributed by atoms with van der Waals surface area (Å²) < 4.78 is 5.70. The summed E-state index contributed by atoms with van der Waals surface area (Å²) in [6, 6.07) is 8.29. The van der Waals surface area contributed by atoms with Gasteiger partial charge in [0.1, 0.15) is 18.9 Å². The highest BCUT2D eigenvalue weighted by Crippen LogP contribution is 2.10. The highest BCUT2D eigenvalue weighted by Gasteiger charge is 2.14. The molecule has 0 unspecified atom stereocenters. The van der Waals surface area contributed by atoms with Crippen molar-refractivity contribution in [1.82, 2.24) is 0 Å². The third kappa shape index (κ3) is 3.24. The second-order valence-electron chi connectivity index (χ2n) is 4.37. The maximum absolute atomic E-state index is 5.70. The molecule has 1 aromatic carbocycles. The van der Waals surface area contributed by atoms with Crippen LogP contribution in [0.15, 0.2) is 24.3 Å². The van der Waals surface area contributed by atoms with Gasteiger partial charge in [-0.15, -0.1) is 0 Å². The van der Waals surface area contributed by atoms with Crippen molar-refractivity contribution >= 4 is 0 Å². The Morgan fingerprint density at radius 1 is 1.13 bits per heavy atom. The molecule has 15 heavy (non-hydrogen) atoms. The van der Waals surface area contributed by atoms with Crippen LogP contribution in [0, 0.1) is 6.92 Å². The van der Waals surface area contributed by atoms with Gasteiger partial charge in [-0.1, -0.05) is 17.7 Å². The summed E-state index contributed by atoms with van der Waals surface area (Å²) in [5.74, 6) is 0.999. The molecule has 1 fully saturated rings. The molecule has 1 aliphatic rings. The summed E-state index contributed by atoms with van der Waals surface area (Å²) >= 11 is 0. The standard InChI is InChI=1S/C13H19NO/c1-12-4-6-13(7-5-12)15-11-10-14-8-2-3-9-14/h4-7H,2-3,8-11H2,1H3/p+1. The second-order valence-corrected chi connectivity index (χ2v) is 4.37. The van der Waals surface area contributed by atoms with Crippen molar-refractivity contribution in [2.24, 2.45) is 0 Å². The van der Waals surface area contributed by atoms with E-state index in [1.165, 1.54) is 31.5 Å². The summed E-state index contributed by atoms with van der Waals surface area (Å²) in [7, 11) is 0. The van der Waals surface area contributed by atoms with E-state index >= 15 is 0 Å². The van der Waals surface area contributed by atoms with Crippen molar-refractivity contribution in [3.8, 4) is 5.75 Å². The van der Waals surface area contributed by atoms with Gasteiger partial charge < -0.3 is 9.64 Å². The molecule has 0 aliphatic carbocycles. The van der Waals surface area contributed by atoms with Crippen molar-refractivity contribution in [2.75, 3.05) is 26.2 Å². The Hall–Kier alpha value is -1.02. The Morgan fingerprint density at radius 3 is 2.47 bits per heavy atom. The summed E-state index contributed by atoms with van der Waals surface area (Å²) in [5.41, 5.74) is 1.28. The minimum absolute atomic E-state index is 0.846. The van der Waals surface area contributed by atoms with Crippen LogP contribution in [0.5, 0.6) is 5.75 Å². The molecular weight excluding hydrogens is 186 g/mol. The van der Waals surface area contributed by atoms with E-state index in [9.17, 15) is 0 Å². The number of aryl methyl sites for hydroxylation is 1. The van der Waals surface area contributed by atoms with Crippen molar-refractivity contribution < 1.29 is 9.64 Å². The van der Waals surface area contributed by atoms with Crippen LogP contribution in [-0.4, -0.2) is 26.2 Å². The molecule has 1 aliphatic heterocycles. The summed E-state index contributed by atoms with van der Waals surface area (Å²) in [6.07, 6.45) is 2.78. The van der Waals surface area contributed by atoms with Crippen LogP contribution in [0.25, 0.3) is 0 Å². The second kappa shape index (κ2) is 5.17. The fourth-order valence-electron chi connectivity index (χ4n) is 2.07. The van der Waals surface area contributed by atoms with Crippen LogP contribution in [0.3, 0.4) is 0 Å². The van der Waals surface area contributed by atoms with Crippen molar-refractivity contribution in [2.45, 2.75) is 19.8 Å². The van der Waals surface area contributed by atoms with E-state index in [1.807, 2.05) is 0 Å². The van der Waals surface area contributed by atoms with E-state index in [1.54, 1.807) is 4.90 Å². The first-order valence-corrected chi connectivity index (χ1v) is 5.87. The van der Waals surface area contributed by atoms with Gasteiger partial charge in [0.25, 0.3) is 0 Å². The molecule has 2 nitrogen and oxygen atoms in total. The normalized spacial score (nSPS) is 16.9. The van der Waals surface area contributed by atoms with Crippen LogP contribution in [-0.2, 0) is 0 Å². The highest BCUT2D eigenvalue weighted by molar-refractivity contribution is 5.26. The Balaban J connectivity index is 1.71. The van der Waals surface area contributed by atoms with E-state index in [2.05, 4.69) is 31.2 Å². The Kier molecular flexibility index (Phi) is 3.62. The van der Waals surface area contributed by atoms with Crippen LogP contribution >= 0.6 is 0 Å². The van der Waals surface area contributed by atoms with Gasteiger partial charge in [0, 0.05) is 12.8 Å². The van der Waals surface area contributed by atoms with Gasteiger partial charge in [-0.3, -0.25) is 0 Å². The monoisotopic (exact) mass is 206 g/mol. The Morgan fingerprint density at radius 2 is 1.80 bits per heavy atom. The first kappa shape index (κ1) is 10.5. The third-order valence-corrected chi connectivity index (χ3v) is 3.06. The topological polar surface area (TPSA) is 13.7 Å². The molecule has 1 saturated heterocycles. The Bertz CT molecular complexity index is 288. The highest BCUT2D eigenvalue weighted by atomic mass is 16.5. The van der Waals surface area contributed by atoms with Gasteiger partial charge in [-0.05, 0) is 19.1 Å². The minimum Gasteiger partial charge on any atom is -0.488 e. The van der Waals surface area contributed by atoms with Crippen LogP contribution < -0.4 is 9.64 Å². The summed E-state index contributed by atoms with van der Waals surface area (Å²) in [6.45, 7) is 6.75. The summed E-state index contributed by atoms with van der Waals surface area (Å²) in [5, 5.41) is 0. The number of benzene rings is 1. The molecule has 0 bridgehead atoms. The van der Waals surface area contributed by atoms with Crippen molar-refractivity contribution in [1.29, 1.82) is 0 Å². The number of hydrogen-bond acceptors (Lipinski definition) is 1. The van der Waals surface area contributed by atoms with Gasteiger partial charge in [-0.25, -0.2) is 0 Å². The average Bonchev–Trinajstić information content (AvgIpc) is 2.74. The van der Waals surface area contributed by atoms with E-state index in [-0.39, 0.29) is 0 Å². The number of hydrogen-bond donors (Lipinski definition) is 1. The molecule has 0 radical (unpaired) electrons. The van der Waals surface area contributed by atoms with Gasteiger partial charge in [0.05, 0.1) is 13.1 Å². The molecule has 1 aromatic rings. The van der Waals surface area contributed by atoms with Gasteiger partial charge in [0.2, 0.25) is 0 Å². The molecule has 0 saturated carbocycles. The number of likely N-dealkylation sites (tertiary alicyclic amines) is 1. The quantitative estimate of drug-likeness (QED) is 0.777. The molecule has 0 atom stereocenters. The predicted octanol–water partition coefficient (Wildman–Crippen LogP) is 1.05. The SMILES string of the molecule is Cc1ccc(OCC[NH+]2CCCC2)cc1. The van der Waals surface area contributed by atoms with Crippen molar-refractivity contribution in [3.05, 3.63) is 29.8 Å². The zero-order chi connectivity index (χ0) is 10.5. The number of nitrogens with one attached hydrogen (secondary N) is 1. The molecule has 82 valence electrons. The van der Waals surface area contributed by atoms with Crippen LogP contribution in [0.1, 0.15) is 18.4 Å². The fourth-order valence-corrected chi connectivity index (χ4v) is 2.07. The van der Waals surface area contributed by atoms with E-state index in [4.69, 9.17) is 4.74 Å². The lowest BCUT2D eigenvalue weighted by molar-refractivity contribution is -0.887. The van der Waals surface area contributed by atoms with E-state index in [0.29, 0.717) is 0 Å². The first-order valence-electron chi connectivity index (χ1n) is 5.87. The first-order chi connectivity index (χ1) is 7.34. The molecule has 1 heterocycles. The minimum atomic E-state index is 0.846. The number of ether oxygens (including phenoxy) is 1. The van der Waals surface area contributed by atoms with E-state index < -0.39 is 0 Å². The lowest BCUT2D eigenvalue weighted by atomic mass is 10.2. The molecule has 2 heteroatoms. The van der Waals surface area contributed by atoms with Gasteiger partial charge >= 0.3 is 0 Å². The predicted molar refractivity (Wildman–Crippen MR) is 61.5 cm³/mol. The molecule has 2 rings (SSSR count). The summed E-state index contributed by atoms with van der Waals surface area (Å²) in [4.78, 5) is 1.70. The maximum atomic E-state index is 5.70. The zero-order valence-electron chi connectivity index (χ0n) is 9.46. The smallest absolute Gasteiger partial charge is 0.137 e. The molecule has 0 spiro atoms. The molecular formula is C13H20NO+. The third-order valence-electron chi connectivity index (χ3n) is 3.06.